The fourth-order valence-corrected chi connectivity index (χ4v) is 6.10. The third kappa shape index (κ3) is 4.95. The smallest absolute Gasteiger partial charge is 0.248 e. The summed E-state index contributed by atoms with van der Waals surface area (Å²) >= 11 is 28.4. The van der Waals surface area contributed by atoms with E-state index in [1.165, 1.54) is 12.1 Å². The van der Waals surface area contributed by atoms with Gasteiger partial charge in [0.25, 0.3) is 0 Å². The van der Waals surface area contributed by atoms with Crippen molar-refractivity contribution in [2.45, 2.75) is 35.4 Å². The topological polar surface area (TPSA) is 46.2 Å². The Morgan fingerprint density at radius 1 is 1.09 bits per heavy atom. The zero-order valence-electron chi connectivity index (χ0n) is 16.3. The van der Waals surface area contributed by atoms with Crippen LogP contribution in [-0.4, -0.2) is 21.9 Å². The summed E-state index contributed by atoms with van der Waals surface area (Å²) in [5, 5.41) is 3.39. The maximum atomic E-state index is 13.1. The zero-order chi connectivity index (χ0) is 23.4. The Kier molecular flexibility index (Phi) is 6.58. The molecule has 170 valence electrons. The van der Waals surface area contributed by atoms with Gasteiger partial charge in [-0.25, -0.2) is 8.78 Å². The molecule has 32 heavy (non-hydrogen) atoms. The van der Waals surface area contributed by atoms with Crippen molar-refractivity contribution in [1.82, 2.24) is 0 Å². The highest BCUT2D eigenvalue weighted by Gasteiger charge is 2.67. The number of anilines is 1. The summed E-state index contributed by atoms with van der Waals surface area (Å²) in [5.41, 5.74) is 1.23. The van der Waals surface area contributed by atoms with Crippen LogP contribution in [0.1, 0.15) is 41.1 Å². The molecule has 0 bridgehead atoms. The van der Waals surface area contributed by atoms with Crippen LogP contribution in [0.3, 0.4) is 0 Å². The Morgan fingerprint density at radius 3 is 2.41 bits per heavy atom. The number of carbonyl (C=O) groups is 2. The van der Waals surface area contributed by atoms with Gasteiger partial charge in [0.05, 0.1) is 10.9 Å². The molecule has 2 atom stereocenters. The maximum Gasteiger partial charge on any atom is 0.248 e. The summed E-state index contributed by atoms with van der Waals surface area (Å²) in [7, 11) is 0. The van der Waals surface area contributed by atoms with Crippen molar-refractivity contribution in [2.24, 2.45) is 11.8 Å². The van der Waals surface area contributed by atoms with Gasteiger partial charge in [-0.05, 0) is 47.9 Å². The van der Waals surface area contributed by atoms with Crippen LogP contribution in [0.15, 0.2) is 40.9 Å². The number of alkyl halides is 4. The number of hydrogen-bond donors (Lipinski definition) is 1. The summed E-state index contributed by atoms with van der Waals surface area (Å²) in [6.07, 6.45) is -0.625. The molecule has 2 aliphatic rings. The van der Waals surface area contributed by atoms with Crippen molar-refractivity contribution in [3.8, 4) is 0 Å². The third-order valence-corrected chi connectivity index (χ3v) is 7.71. The zero-order valence-corrected chi connectivity index (χ0v) is 20.9. The molecule has 1 N–H and O–H groups in total. The molecule has 2 saturated carbocycles. The van der Waals surface area contributed by atoms with E-state index in [1.54, 1.807) is 24.3 Å². The molecule has 0 radical (unpaired) electrons. The first-order chi connectivity index (χ1) is 14.9. The van der Waals surface area contributed by atoms with Crippen LogP contribution in [0.2, 0.25) is 10.0 Å². The molecule has 0 spiro atoms. The van der Waals surface area contributed by atoms with Crippen molar-refractivity contribution in [1.29, 1.82) is 0 Å². The largest absolute Gasteiger partial charge is 0.326 e. The van der Waals surface area contributed by atoms with Gasteiger partial charge in [-0.3, -0.25) is 9.59 Å². The molecule has 2 aliphatic carbocycles. The first-order valence-electron chi connectivity index (χ1n) is 9.72. The average molecular weight is 586 g/mol. The predicted octanol–water partition coefficient (Wildman–Crippen LogP) is 7.90. The molecule has 0 saturated heterocycles. The van der Waals surface area contributed by atoms with E-state index in [0.717, 1.165) is 10.0 Å². The minimum absolute atomic E-state index is 0.0203. The Labute approximate surface area is 211 Å². The number of amides is 1. The number of nitrogens with one attached hydrogen (secondary N) is 1. The van der Waals surface area contributed by atoms with E-state index in [0.29, 0.717) is 10.7 Å². The lowest BCUT2D eigenvalue weighted by atomic mass is 9.77. The molecular formula is C22H16BrCl4F2NO2. The molecule has 2 fully saturated rings. The molecule has 2 unspecified atom stereocenters. The summed E-state index contributed by atoms with van der Waals surface area (Å²) in [5.74, 6) is -5.03. The highest BCUT2D eigenvalue weighted by Crippen LogP contribution is 2.65. The Hall–Kier alpha value is -0.920. The second-order valence-corrected chi connectivity index (χ2v) is 11.5. The highest BCUT2D eigenvalue weighted by atomic mass is 79.9. The predicted molar refractivity (Wildman–Crippen MR) is 127 cm³/mol. The van der Waals surface area contributed by atoms with Crippen LogP contribution >= 0.6 is 62.3 Å². The SMILES string of the molecule is O=C(CC1CC(F)(F)C1)c1cc(NC(=O)C2C(c3cc(Cl)cc(Br)c3)C2(Cl)Cl)ccc1Cl. The number of Topliss-reactive ketones (excluding diaryl/α,β-unsaturated/α-hetero) is 1. The maximum absolute atomic E-state index is 13.1. The van der Waals surface area contributed by atoms with Crippen LogP contribution in [-0.2, 0) is 4.79 Å². The summed E-state index contributed by atoms with van der Waals surface area (Å²) in [6, 6.07) is 9.68. The average Bonchev–Trinajstić information content (AvgIpc) is 3.23. The Morgan fingerprint density at radius 2 is 1.78 bits per heavy atom. The van der Waals surface area contributed by atoms with Gasteiger partial charge in [-0.15, -0.1) is 23.2 Å². The molecule has 2 aromatic rings. The van der Waals surface area contributed by atoms with Crippen LogP contribution in [0.5, 0.6) is 0 Å². The highest BCUT2D eigenvalue weighted by molar-refractivity contribution is 9.10. The van der Waals surface area contributed by atoms with Gasteiger partial charge in [0, 0.05) is 45.9 Å². The summed E-state index contributed by atoms with van der Waals surface area (Å²) in [6.45, 7) is 0. The molecular weight excluding hydrogens is 570 g/mol. The standard InChI is InChI=1S/C22H16BrCl4F2NO2/c23-12-4-11(5-13(24)6-12)18-19(22(18,26)27)20(32)30-14-1-2-16(25)15(7-14)17(31)3-10-8-21(28,29)9-10/h1-2,4-7,10,18-19H,3,8-9H2,(H,30,32). The number of ketones is 1. The first kappa shape index (κ1) is 24.2. The van der Waals surface area contributed by atoms with Gasteiger partial charge in [0.1, 0.15) is 4.33 Å². The monoisotopic (exact) mass is 583 g/mol. The third-order valence-electron chi connectivity index (χ3n) is 5.76. The summed E-state index contributed by atoms with van der Waals surface area (Å²) in [4.78, 5) is 25.5. The van der Waals surface area contributed by atoms with Gasteiger partial charge in [-0.2, -0.15) is 0 Å². The van der Waals surface area contributed by atoms with Gasteiger partial charge in [-0.1, -0.05) is 39.1 Å². The van der Waals surface area contributed by atoms with Crippen LogP contribution < -0.4 is 5.32 Å². The van der Waals surface area contributed by atoms with E-state index in [-0.39, 0.29) is 41.5 Å². The Bertz CT molecular complexity index is 1080. The van der Waals surface area contributed by atoms with Gasteiger partial charge in [0.15, 0.2) is 5.78 Å². The van der Waals surface area contributed by atoms with Gasteiger partial charge >= 0.3 is 0 Å². The molecule has 0 aromatic heterocycles. The van der Waals surface area contributed by atoms with Crippen LogP contribution in [0.25, 0.3) is 0 Å². The van der Waals surface area contributed by atoms with Gasteiger partial charge in [0.2, 0.25) is 11.8 Å². The second kappa shape index (κ2) is 8.70. The number of carbonyl (C=O) groups excluding carboxylic acids is 2. The first-order valence-corrected chi connectivity index (χ1v) is 12.0. The van der Waals surface area contributed by atoms with Gasteiger partial charge < -0.3 is 5.32 Å². The molecule has 1 amide bonds. The van der Waals surface area contributed by atoms with Crippen molar-refractivity contribution >= 4 is 79.7 Å². The summed E-state index contributed by atoms with van der Waals surface area (Å²) < 4.78 is 25.5. The quantitative estimate of drug-likeness (QED) is 0.277. The molecule has 3 nitrogen and oxygen atoms in total. The van der Waals surface area contributed by atoms with E-state index >= 15 is 0 Å². The lowest BCUT2D eigenvalue weighted by Gasteiger charge is -2.34. The van der Waals surface area contributed by atoms with Crippen molar-refractivity contribution in [3.05, 3.63) is 62.0 Å². The van der Waals surface area contributed by atoms with E-state index in [4.69, 9.17) is 46.4 Å². The van der Waals surface area contributed by atoms with E-state index in [1.807, 2.05) is 0 Å². The lowest BCUT2D eigenvalue weighted by molar-refractivity contribution is -0.117. The van der Waals surface area contributed by atoms with Crippen molar-refractivity contribution < 1.29 is 18.4 Å². The molecule has 0 aliphatic heterocycles. The fraction of sp³-hybridized carbons (Fsp3) is 0.364. The number of benzene rings is 2. The van der Waals surface area contributed by atoms with Crippen molar-refractivity contribution in [3.63, 3.8) is 0 Å². The van der Waals surface area contributed by atoms with E-state index in [2.05, 4.69) is 21.2 Å². The molecule has 4 rings (SSSR count). The van der Waals surface area contributed by atoms with Crippen molar-refractivity contribution in [2.75, 3.05) is 5.32 Å². The van der Waals surface area contributed by atoms with E-state index < -0.39 is 28.0 Å². The molecule has 10 heteroatoms. The van der Waals surface area contributed by atoms with E-state index in [9.17, 15) is 18.4 Å². The minimum atomic E-state index is -2.69. The number of halogens is 7. The normalized spacial score (nSPS) is 23.3. The molecule has 2 aromatic carbocycles. The Balaban J connectivity index is 1.46. The van der Waals surface area contributed by atoms with Crippen LogP contribution in [0.4, 0.5) is 14.5 Å². The second-order valence-electron chi connectivity index (χ2n) is 8.27. The number of hydrogen-bond acceptors (Lipinski definition) is 2. The minimum Gasteiger partial charge on any atom is -0.326 e. The number of rotatable bonds is 6. The molecule has 0 heterocycles. The van der Waals surface area contributed by atoms with Crippen LogP contribution in [0, 0.1) is 11.8 Å². The fourth-order valence-electron chi connectivity index (χ4n) is 4.16. The lowest BCUT2D eigenvalue weighted by Crippen LogP contribution is -2.36.